The van der Waals surface area contributed by atoms with Crippen molar-refractivity contribution >= 4 is 16.7 Å². The monoisotopic (exact) mass is 277 g/mol. The molecule has 0 saturated carbocycles. The summed E-state index contributed by atoms with van der Waals surface area (Å²) < 4.78 is 0. The molecule has 3 aromatic rings. The Kier molecular flexibility index (Phi) is 2.74. The zero-order valence-electron chi connectivity index (χ0n) is 12.4. The van der Waals surface area contributed by atoms with E-state index in [4.69, 9.17) is 0 Å². The maximum atomic E-state index is 4.45. The average Bonchev–Trinajstić information content (AvgIpc) is 3.01. The third-order valence-electron chi connectivity index (χ3n) is 4.32. The fourth-order valence-electron chi connectivity index (χ4n) is 3.30. The molecular weight excluding hydrogens is 258 g/mol. The molecule has 21 heavy (non-hydrogen) atoms. The Bertz CT molecular complexity index is 816. The molecule has 4 rings (SSSR count). The molecule has 3 heteroatoms. The summed E-state index contributed by atoms with van der Waals surface area (Å²) in [5.41, 5.74) is 7.56. The molecule has 1 aliphatic carbocycles. The number of imidazole rings is 1. The van der Waals surface area contributed by atoms with Gasteiger partial charge in [-0.05, 0) is 56.0 Å². The highest BCUT2D eigenvalue weighted by Gasteiger charge is 2.22. The van der Waals surface area contributed by atoms with Gasteiger partial charge in [-0.15, -0.1) is 0 Å². The predicted molar refractivity (Wildman–Crippen MR) is 86.7 cm³/mol. The van der Waals surface area contributed by atoms with Gasteiger partial charge in [0.1, 0.15) is 5.82 Å². The van der Waals surface area contributed by atoms with Crippen molar-refractivity contribution in [3.63, 3.8) is 0 Å². The lowest BCUT2D eigenvalue weighted by Crippen LogP contribution is -2.07. The van der Waals surface area contributed by atoms with Gasteiger partial charge in [-0.2, -0.15) is 0 Å². The van der Waals surface area contributed by atoms with Crippen LogP contribution in [0.15, 0.2) is 36.4 Å². The number of hydrogen-bond donors (Lipinski definition) is 2. The van der Waals surface area contributed by atoms with E-state index in [2.05, 4.69) is 58.6 Å². The number of rotatable bonds is 2. The molecule has 0 amide bonds. The fraction of sp³-hybridized carbons (Fsp3) is 0.278. The summed E-state index contributed by atoms with van der Waals surface area (Å²) in [7, 11) is 0. The molecule has 1 heterocycles. The molecule has 2 N–H and O–H groups in total. The van der Waals surface area contributed by atoms with Crippen LogP contribution in [0.1, 0.15) is 35.0 Å². The smallest absolute Gasteiger partial charge is 0.104 e. The molecule has 0 radical (unpaired) electrons. The molecule has 1 aliphatic rings. The Balaban J connectivity index is 1.65. The largest absolute Gasteiger partial charge is 0.378 e. The second-order valence-electron chi connectivity index (χ2n) is 5.99. The topological polar surface area (TPSA) is 40.7 Å². The lowest BCUT2D eigenvalue weighted by Gasteiger charge is -2.16. The van der Waals surface area contributed by atoms with Crippen LogP contribution in [0, 0.1) is 13.8 Å². The predicted octanol–water partition coefficient (Wildman–Crippen LogP) is 4.28. The van der Waals surface area contributed by atoms with Gasteiger partial charge in [0.25, 0.3) is 0 Å². The molecule has 1 atom stereocenters. The standard InChI is InChI=1S/C18H19N3/c1-11-3-4-13-5-7-16(15(13)9-11)21-14-6-8-17-18(10-14)20-12(2)19-17/h3-4,6,8-10,16,21H,5,7H2,1-2H3,(H,19,20). The van der Waals surface area contributed by atoms with E-state index >= 15 is 0 Å². The molecule has 0 saturated heterocycles. The van der Waals surface area contributed by atoms with Crippen LogP contribution < -0.4 is 5.32 Å². The van der Waals surface area contributed by atoms with Gasteiger partial charge in [-0.3, -0.25) is 0 Å². The quantitative estimate of drug-likeness (QED) is 0.734. The third-order valence-corrected chi connectivity index (χ3v) is 4.32. The Morgan fingerprint density at radius 2 is 2.05 bits per heavy atom. The molecule has 1 unspecified atom stereocenters. The van der Waals surface area contributed by atoms with Gasteiger partial charge in [0.05, 0.1) is 17.1 Å². The first-order chi connectivity index (χ1) is 10.2. The van der Waals surface area contributed by atoms with Gasteiger partial charge in [0.15, 0.2) is 0 Å². The van der Waals surface area contributed by atoms with E-state index in [0.29, 0.717) is 6.04 Å². The number of nitrogens with one attached hydrogen (secondary N) is 2. The molecular formula is C18H19N3. The first kappa shape index (κ1) is 12.5. The summed E-state index contributed by atoms with van der Waals surface area (Å²) in [6.07, 6.45) is 2.33. The van der Waals surface area contributed by atoms with Gasteiger partial charge < -0.3 is 10.3 Å². The second kappa shape index (κ2) is 4.62. The SMILES string of the molecule is Cc1ccc2c(c1)C(Nc1ccc3nc(C)[nH]c3c1)CC2. The molecule has 3 nitrogen and oxygen atoms in total. The molecule has 0 bridgehead atoms. The fourth-order valence-corrected chi connectivity index (χ4v) is 3.30. The van der Waals surface area contributed by atoms with E-state index in [-0.39, 0.29) is 0 Å². The number of aromatic nitrogens is 2. The minimum absolute atomic E-state index is 0.418. The number of fused-ring (bicyclic) bond motifs is 2. The van der Waals surface area contributed by atoms with E-state index in [1.165, 1.54) is 29.5 Å². The van der Waals surface area contributed by atoms with Crippen molar-refractivity contribution in [3.8, 4) is 0 Å². The highest BCUT2D eigenvalue weighted by molar-refractivity contribution is 5.79. The summed E-state index contributed by atoms with van der Waals surface area (Å²) in [5.74, 6) is 0.962. The Morgan fingerprint density at radius 3 is 2.95 bits per heavy atom. The van der Waals surface area contributed by atoms with Gasteiger partial charge >= 0.3 is 0 Å². The van der Waals surface area contributed by atoms with Gasteiger partial charge in [-0.1, -0.05) is 23.8 Å². The zero-order valence-corrected chi connectivity index (χ0v) is 12.4. The molecule has 0 fully saturated rings. The number of aromatic amines is 1. The van der Waals surface area contributed by atoms with E-state index in [0.717, 1.165) is 22.5 Å². The van der Waals surface area contributed by atoms with Crippen LogP contribution in [-0.4, -0.2) is 9.97 Å². The molecule has 2 aromatic carbocycles. The van der Waals surface area contributed by atoms with Crippen molar-refractivity contribution in [2.45, 2.75) is 32.7 Å². The lowest BCUT2D eigenvalue weighted by atomic mass is 10.0. The zero-order chi connectivity index (χ0) is 14.4. The maximum absolute atomic E-state index is 4.45. The van der Waals surface area contributed by atoms with E-state index in [9.17, 15) is 0 Å². The second-order valence-corrected chi connectivity index (χ2v) is 5.99. The average molecular weight is 277 g/mol. The minimum Gasteiger partial charge on any atom is -0.378 e. The number of hydrogen-bond acceptors (Lipinski definition) is 2. The first-order valence-electron chi connectivity index (χ1n) is 7.51. The van der Waals surface area contributed by atoms with Gasteiger partial charge in [-0.25, -0.2) is 4.98 Å². The van der Waals surface area contributed by atoms with Crippen molar-refractivity contribution in [2.75, 3.05) is 5.32 Å². The number of benzene rings is 2. The van der Waals surface area contributed by atoms with E-state index < -0.39 is 0 Å². The van der Waals surface area contributed by atoms with Crippen molar-refractivity contribution in [1.82, 2.24) is 9.97 Å². The Labute approximate surface area is 124 Å². The normalized spacial score (nSPS) is 17.1. The van der Waals surface area contributed by atoms with Crippen LogP contribution in [0.5, 0.6) is 0 Å². The Hall–Kier alpha value is -2.29. The third kappa shape index (κ3) is 2.19. The number of aryl methyl sites for hydroxylation is 3. The highest BCUT2D eigenvalue weighted by atomic mass is 14.9. The highest BCUT2D eigenvalue weighted by Crippen LogP contribution is 2.34. The first-order valence-corrected chi connectivity index (χ1v) is 7.51. The maximum Gasteiger partial charge on any atom is 0.104 e. The summed E-state index contributed by atoms with van der Waals surface area (Å²) in [6, 6.07) is 13.6. The number of anilines is 1. The lowest BCUT2D eigenvalue weighted by molar-refractivity contribution is 0.762. The van der Waals surface area contributed by atoms with E-state index in [1.54, 1.807) is 0 Å². The van der Waals surface area contributed by atoms with Crippen molar-refractivity contribution in [2.24, 2.45) is 0 Å². The number of nitrogens with zero attached hydrogens (tertiary/aromatic N) is 1. The summed E-state index contributed by atoms with van der Waals surface area (Å²) >= 11 is 0. The minimum atomic E-state index is 0.418. The van der Waals surface area contributed by atoms with Crippen LogP contribution in [0.25, 0.3) is 11.0 Å². The Morgan fingerprint density at radius 1 is 1.14 bits per heavy atom. The van der Waals surface area contributed by atoms with Crippen LogP contribution in [0.3, 0.4) is 0 Å². The van der Waals surface area contributed by atoms with Gasteiger partial charge in [0.2, 0.25) is 0 Å². The van der Waals surface area contributed by atoms with E-state index in [1.807, 2.05) is 6.92 Å². The molecule has 106 valence electrons. The van der Waals surface area contributed by atoms with Gasteiger partial charge in [0, 0.05) is 5.69 Å². The summed E-state index contributed by atoms with van der Waals surface area (Å²) in [5, 5.41) is 3.68. The summed E-state index contributed by atoms with van der Waals surface area (Å²) in [6.45, 7) is 4.15. The number of H-pyrrole nitrogens is 1. The van der Waals surface area contributed by atoms with Crippen LogP contribution in [-0.2, 0) is 6.42 Å². The van der Waals surface area contributed by atoms with Crippen molar-refractivity contribution in [1.29, 1.82) is 0 Å². The van der Waals surface area contributed by atoms with Crippen molar-refractivity contribution < 1.29 is 0 Å². The van der Waals surface area contributed by atoms with Crippen LogP contribution in [0.2, 0.25) is 0 Å². The molecule has 1 aromatic heterocycles. The van der Waals surface area contributed by atoms with Crippen LogP contribution >= 0.6 is 0 Å². The summed E-state index contributed by atoms with van der Waals surface area (Å²) in [4.78, 5) is 7.75. The van der Waals surface area contributed by atoms with Crippen molar-refractivity contribution in [3.05, 3.63) is 58.9 Å². The van der Waals surface area contributed by atoms with Crippen LogP contribution in [0.4, 0.5) is 5.69 Å². The molecule has 0 aliphatic heterocycles. The molecule has 0 spiro atoms.